The fourth-order valence-electron chi connectivity index (χ4n) is 2.80. The highest BCUT2D eigenvalue weighted by Gasteiger charge is 2.14. The quantitative estimate of drug-likeness (QED) is 0.260. The van der Waals surface area contributed by atoms with Crippen molar-refractivity contribution in [1.82, 2.24) is 20.5 Å². The summed E-state index contributed by atoms with van der Waals surface area (Å²) in [5.74, 6) is 0.753. The van der Waals surface area contributed by atoms with Crippen LogP contribution in [0.1, 0.15) is 11.1 Å². The summed E-state index contributed by atoms with van der Waals surface area (Å²) in [6.45, 7) is 4.88. The molecule has 6 nitrogen and oxygen atoms in total. The van der Waals surface area contributed by atoms with Gasteiger partial charge in [0.15, 0.2) is 5.11 Å². The first kappa shape index (κ1) is 20.3. The van der Waals surface area contributed by atoms with Crippen LogP contribution in [-0.4, -0.2) is 34.8 Å². The fourth-order valence-corrected chi connectivity index (χ4v) is 2.93. The number of ether oxygens (including phenoxy) is 1. The summed E-state index contributed by atoms with van der Waals surface area (Å²) in [5, 5.41) is 12.4. The second kappa shape index (κ2) is 10.2. The maximum absolute atomic E-state index is 5.52. The topological polar surface area (TPSA) is 63.5 Å². The normalized spacial score (nSPS) is 10.7. The fraction of sp³-hybridized carbons (Fsp3) is 0.136. The number of nitrogens with one attached hydrogen (secondary N) is 2. The number of thiocarbonyl (C=S) groups is 1. The largest absolute Gasteiger partial charge is 0.496 e. The minimum absolute atomic E-state index is 0.427. The molecule has 2 N–H and O–H groups in total. The van der Waals surface area contributed by atoms with Crippen molar-refractivity contribution >= 4 is 23.5 Å². The van der Waals surface area contributed by atoms with Crippen LogP contribution in [0.3, 0.4) is 0 Å². The van der Waals surface area contributed by atoms with Crippen LogP contribution in [0, 0.1) is 0 Å². The van der Waals surface area contributed by atoms with E-state index < -0.39 is 0 Å². The van der Waals surface area contributed by atoms with Gasteiger partial charge in [-0.15, -0.1) is 6.58 Å². The van der Waals surface area contributed by atoms with Crippen LogP contribution < -0.4 is 15.5 Å². The Morgan fingerprint density at radius 2 is 1.97 bits per heavy atom. The molecule has 0 aliphatic carbocycles. The lowest BCUT2D eigenvalue weighted by atomic mass is 10.1. The molecule has 7 heteroatoms. The molecule has 0 fully saturated rings. The van der Waals surface area contributed by atoms with E-state index in [0.717, 1.165) is 28.1 Å². The third-order valence-corrected chi connectivity index (χ3v) is 4.35. The molecule has 0 bridgehead atoms. The van der Waals surface area contributed by atoms with Crippen molar-refractivity contribution in [3.8, 4) is 17.0 Å². The van der Waals surface area contributed by atoms with Gasteiger partial charge in [-0.05, 0) is 29.9 Å². The number of methoxy groups -OCH3 is 1. The molecule has 0 radical (unpaired) electrons. The SMILES string of the molecule is C=CCNC(=S)N/N=C\c1cn(Cc2ccccc2)nc1-c1ccccc1OC. The molecule has 3 aromatic rings. The molecule has 0 amide bonds. The summed E-state index contributed by atoms with van der Waals surface area (Å²) in [6, 6.07) is 18.0. The van der Waals surface area contributed by atoms with E-state index in [-0.39, 0.29) is 0 Å². The van der Waals surface area contributed by atoms with Gasteiger partial charge in [0.25, 0.3) is 0 Å². The lowest BCUT2D eigenvalue weighted by Crippen LogP contribution is -2.31. The zero-order valence-corrected chi connectivity index (χ0v) is 17.0. The van der Waals surface area contributed by atoms with Gasteiger partial charge in [-0.25, -0.2) is 0 Å². The van der Waals surface area contributed by atoms with E-state index in [0.29, 0.717) is 18.2 Å². The molecule has 0 aliphatic rings. The van der Waals surface area contributed by atoms with Gasteiger partial charge in [0.1, 0.15) is 11.4 Å². The molecular formula is C22H23N5OS. The molecule has 0 unspecified atom stereocenters. The molecule has 0 saturated carbocycles. The molecule has 148 valence electrons. The maximum atomic E-state index is 5.52. The Bertz CT molecular complexity index is 997. The zero-order valence-electron chi connectivity index (χ0n) is 16.2. The predicted octanol–water partition coefficient (Wildman–Crippen LogP) is 3.59. The Morgan fingerprint density at radius 3 is 2.72 bits per heavy atom. The first-order valence-electron chi connectivity index (χ1n) is 9.14. The molecule has 1 heterocycles. The molecule has 29 heavy (non-hydrogen) atoms. The number of hydrazone groups is 1. The highest BCUT2D eigenvalue weighted by atomic mass is 32.1. The summed E-state index contributed by atoms with van der Waals surface area (Å²) in [7, 11) is 1.65. The Labute approximate surface area is 175 Å². The Balaban J connectivity index is 1.90. The molecular weight excluding hydrogens is 382 g/mol. The number of aromatic nitrogens is 2. The number of hydrogen-bond acceptors (Lipinski definition) is 4. The van der Waals surface area contributed by atoms with Crippen LogP contribution in [0.25, 0.3) is 11.3 Å². The van der Waals surface area contributed by atoms with Crippen LogP contribution >= 0.6 is 12.2 Å². The van der Waals surface area contributed by atoms with E-state index in [2.05, 4.69) is 34.6 Å². The Hall–Kier alpha value is -3.45. The van der Waals surface area contributed by atoms with Crippen molar-refractivity contribution in [2.75, 3.05) is 13.7 Å². The summed E-state index contributed by atoms with van der Waals surface area (Å²) >= 11 is 5.17. The standard InChI is InChI=1S/C22H23N5OS/c1-3-13-23-22(29)25-24-14-18-16-27(15-17-9-5-4-6-10-17)26-21(18)19-11-7-8-12-20(19)28-2/h3-12,14,16H,1,13,15H2,2H3,(H2,23,25,29)/b24-14-. The molecule has 0 atom stereocenters. The molecule has 0 aliphatic heterocycles. The van der Waals surface area contributed by atoms with Gasteiger partial charge in [0, 0.05) is 23.9 Å². The van der Waals surface area contributed by atoms with E-state index in [1.54, 1.807) is 19.4 Å². The average molecular weight is 406 g/mol. The Morgan fingerprint density at radius 1 is 1.21 bits per heavy atom. The average Bonchev–Trinajstić information content (AvgIpc) is 3.15. The first-order chi connectivity index (χ1) is 14.2. The van der Waals surface area contributed by atoms with Crippen molar-refractivity contribution in [2.24, 2.45) is 5.10 Å². The third kappa shape index (κ3) is 5.52. The van der Waals surface area contributed by atoms with Crippen molar-refractivity contribution < 1.29 is 4.74 Å². The van der Waals surface area contributed by atoms with E-state index in [4.69, 9.17) is 22.1 Å². The van der Waals surface area contributed by atoms with Gasteiger partial charge in [0.2, 0.25) is 0 Å². The van der Waals surface area contributed by atoms with Crippen LogP contribution in [0.4, 0.5) is 0 Å². The van der Waals surface area contributed by atoms with E-state index >= 15 is 0 Å². The summed E-state index contributed by atoms with van der Waals surface area (Å²) in [5.41, 5.74) is 6.51. The highest BCUT2D eigenvalue weighted by Crippen LogP contribution is 2.30. The minimum Gasteiger partial charge on any atom is -0.496 e. The minimum atomic E-state index is 0.427. The summed E-state index contributed by atoms with van der Waals surface area (Å²) in [4.78, 5) is 0. The monoisotopic (exact) mass is 405 g/mol. The molecule has 3 rings (SSSR count). The second-order valence-corrected chi connectivity index (χ2v) is 6.59. The van der Waals surface area contributed by atoms with Gasteiger partial charge in [0.05, 0.1) is 19.9 Å². The van der Waals surface area contributed by atoms with Gasteiger partial charge < -0.3 is 10.1 Å². The number of rotatable bonds is 8. The lowest BCUT2D eigenvalue weighted by Gasteiger charge is -2.07. The summed E-state index contributed by atoms with van der Waals surface area (Å²) < 4.78 is 7.42. The Kier molecular flexibility index (Phi) is 7.13. The van der Waals surface area contributed by atoms with Crippen molar-refractivity contribution in [1.29, 1.82) is 0 Å². The number of para-hydroxylation sites is 1. The maximum Gasteiger partial charge on any atom is 0.187 e. The van der Waals surface area contributed by atoms with Crippen LogP contribution in [0.2, 0.25) is 0 Å². The van der Waals surface area contributed by atoms with Gasteiger partial charge >= 0.3 is 0 Å². The predicted molar refractivity (Wildman–Crippen MR) is 121 cm³/mol. The smallest absolute Gasteiger partial charge is 0.187 e. The first-order valence-corrected chi connectivity index (χ1v) is 9.54. The van der Waals surface area contributed by atoms with Crippen molar-refractivity contribution in [2.45, 2.75) is 6.54 Å². The molecule has 1 aromatic heterocycles. The molecule has 2 aromatic carbocycles. The second-order valence-electron chi connectivity index (χ2n) is 6.19. The van der Waals surface area contributed by atoms with Crippen LogP contribution in [-0.2, 0) is 6.54 Å². The third-order valence-electron chi connectivity index (χ3n) is 4.12. The van der Waals surface area contributed by atoms with E-state index in [1.165, 1.54) is 0 Å². The van der Waals surface area contributed by atoms with Crippen LogP contribution in [0.5, 0.6) is 5.75 Å². The van der Waals surface area contributed by atoms with Gasteiger partial charge in [-0.3, -0.25) is 10.1 Å². The van der Waals surface area contributed by atoms with Gasteiger partial charge in [-0.1, -0.05) is 48.5 Å². The van der Waals surface area contributed by atoms with Crippen molar-refractivity contribution in [3.05, 3.63) is 84.6 Å². The van der Waals surface area contributed by atoms with E-state index in [9.17, 15) is 0 Å². The zero-order chi connectivity index (χ0) is 20.5. The van der Waals surface area contributed by atoms with Crippen molar-refractivity contribution in [3.63, 3.8) is 0 Å². The summed E-state index contributed by atoms with van der Waals surface area (Å²) in [6.07, 6.45) is 5.39. The van der Waals surface area contributed by atoms with Gasteiger partial charge in [-0.2, -0.15) is 10.2 Å². The number of hydrogen-bond donors (Lipinski definition) is 2. The molecule has 0 saturated heterocycles. The number of benzene rings is 2. The van der Waals surface area contributed by atoms with E-state index in [1.807, 2.05) is 53.3 Å². The lowest BCUT2D eigenvalue weighted by molar-refractivity contribution is 0.416. The molecule has 0 spiro atoms. The van der Waals surface area contributed by atoms with Crippen LogP contribution in [0.15, 0.2) is 78.6 Å². The number of nitrogens with zero attached hydrogens (tertiary/aromatic N) is 3. The highest BCUT2D eigenvalue weighted by molar-refractivity contribution is 7.80.